The van der Waals surface area contributed by atoms with E-state index in [1.165, 1.54) is 89.2 Å². The summed E-state index contributed by atoms with van der Waals surface area (Å²) in [5, 5.41) is 1.37. The van der Waals surface area contributed by atoms with Crippen LogP contribution in [0.4, 0.5) is 0 Å². The Hall–Kier alpha value is -6.65. The molecular formula is C65H64N4. The molecule has 6 aliphatic carbocycles. The number of aliphatic imine (C=N–C) groups is 1. The van der Waals surface area contributed by atoms with Gasteiger partial charge in [0.25, 0.3) is 0 Å². The molecule has 5 aromatic rings. The molecule has 0 bridgehead atoms. The van der Waals surface area contributed by atoms with E-state index >= 15 is 0 Å². The summed E-state index contributed by atoms with van der Waals surface area (Å²) in [7, 11) is 2.32. The Morgan fingerprint density at radius 2 is 1.55 bits per heavy atom. The van der Waals surface area contributed by atoms with Gasteiger partial charge in [-0.15, -0.1) is 0 Å². The van der Waals surface area contributed by atoms with E-state index in [0.29, 0.717) is 17.8 Å². The van der Waals surface area contributed by atoms with Crippen LogP contribution in [-0.2, 0) is 5.41 Å². The Morgan fingerprint density at radius 1 is 0.739 bits per heavy atom. The molecule has 0 saturated carbocycles. The lowest BCUT2D eigenvalue weighted by atomic mass is 9.67. The minimum Gasteiger partial charge on any atom is -0.335 e. The van der Waals surface area contributed by atoms with E-state index in [1.54, 1.807) is 0 Å². The van der Waals surface area contributed by atoms with Crippen LogP contribution in [0.25, 0.3) is 44.9 Å². The fourth-order valence-electron chi connectivity index (χ4n) is 14.1. The molecule has 8 atom stereocenters. The molecular weight excluding hydrogens is 837 g/mol. The molecule has 0 N–H and O–H groups in total. The van der Waals surface area contributed by atoms with E-state index in [0.717, 1.165) is 25.2 Å². The quantitative estimate of drug-likeness (QED) is 0.179. The fourth-order valence-corrected chi connectivity index (χ4v) is 14.1. The van der Waals surface area contributed by atoms with Crippen molar-refractivity contribution in [1.82, 2.24) is 14.4 Å². The average Bonchev–Trinajstić information content (AvgIpc) is 3.91. The second-order valence-corrected chi connectivity index (χ2v) is 22.5. The maximum atomic E-state index is 5.94. The maximum absolute atomic E-state index is 5.94. The van der Waals surface area contributed by atoms with Gasteiger partial charge in [-0.05, 0) is 142 Å². The Balaban J connectivity index is 0.896. The fraction of sp³-hybridized carbons (Fsp3) is 0.308. The zero-order chi connectivity index (χ0) is 47.1. The van der Waals surface area contributed by atoms with Gasteiger partial charge in [-0.3, -0.25) is 0 Å². The first-order valence-corrected chi connectivity index (χ1v) is 25.7. The number of hydrogen-bond acceptors (Lipinski definition) is 3. The van der Waals surface area contributed by atoms with Crippen molar-refractivity contribution in [2.24, 2.45) is 28.2 Å². The van der Waals surface area contributed by atoms with Crippen LogP contribution in [0.1, 0.15) is 108 Å². The highest BCUT2D eigenvalue weighted by Crippen LogP contribution is 2.59. The summed E-state index contributed by atoms with van der Waals surface area (Å²) in [6, 6.07) is 34.2. The molecule has 1 aromatic heterocycles. The standard InChI is InChI=1S/C65H64N4/c1-40-24-29-46(30-25-40)68-55-23-13-12-19-50(55)59-42(3)47(32-34-57(59)68)45-28-35-58-64(6,39-45)54-37-41(2)26-33-56(54)69(58)62-66-65(7)36-15-14-22-52(65)61(67(62)8)51-21-16-20-49-48-31-27-44(43-17-10-9-11-18-43)38-53(48)63(4,5)60(49)51/h9-24,26-35,38-42,47,58,61H,25,36-37H2,1-8H3. The monoisotopic (exact) mass is 901 g/mol. The van der Waals surface area contributed by atoms with Crippen molar-refractivity contribution in [1.29, 1.82) is 0 Å². The van der Waals surface area contributed by atoms with Gasteiger partial charge >= 0.3 is 0 Å². The molecule has 0 spiro atoms. The van der Waals surface area contributed by atoms with E-state index in [4.69, 9.17) is 4.99 Å². The first kappa shape index (κ1) is 42.5. The molecule has 0 amide bonds. The number of allylic oxidation sites excluding steroid dienone is 11. The first-order chi connectivity index (χ1) is 33.4. The largest absolute Gasteiger partial charge is 0.335 e. The Labute approximate surface area is 409 Å². The second-order valence-electron chi connectivity index (χ2n) is 22.5. The third kappa shape index (κ3) is 6.09. The smallest absolute Gasteiger partial charge is 0.203 e. The van der Waals surface area contributed by atoms with E-state index in [-0.39, 0.29) is 28.8 Å². The van der Waals surface area contributed by atoms with Crippen LogP contribution in [0, 0.1) is 23.2 Å². The number of fused-ring (bicyclic) bond motifs is 9. The topological polar surface area (TPSA) is 23.8 Å². The van der Waals surface area contributed by atoms with Crippen LogP contribution in [0.15, 0.2) is 191 Å². The average molecular weight is 901 g/mol. The van der Waals surface area contributed by atoms with Crippen molar-refractivity contribution in [3.63, 3.8) is 0 Å². The lowest BCUT2D eigenvalue weighted by molar-refractivity contribution is 0.255. The van der Waals surface area contributed by atoms with Crippen molar-refractivity contribution < 1.29 is 0 Å². The van der Waals surface area contributed by atoms with Crippen molar-refractivity contribution in [3.8, 4) is 22.3 Å². The predicted octanol–water partition coefficient (Wildman–Crippen LogP) is 15.5. The van der Waals surface area contributed by atoms with Crippen LogP contribution < -0.4 is 0 Å². The second kappa shape index (κ2) is 15.2. The molecule has 8 unspecified atom stereocenters. The number of nitrogens with zero attached hydrogens (tertiary/aromatic N) is 4. The number of para-hydroxylation sites is 1. The van der Waals surface area contributed by atoms with Gasteiger partial charge in [-0.2, -0.15) is 0 Å². The SMILES string of the molecule is CC1C=CC(n2c3c(c4ccccc42)C(C)C(C2=CC4(C)C5=C(C=CC(C)C5)N(C5=NC6(C)CC=CC=C6C(c6cccc7c6C(C)(C)c6cc(-c8ccccc8)ccc6-7)N5C)C4C=C2)C=C3)=CC1. The summed E-state index contributed by atoms with van der Waals surface area (Å²) in [5.74, 6) is 2.67. The van der Waals surface area contributed by atoms with Gasteiger partial charge in [0.1, 0.15) is 0 Å². The number of likely N-dealkylation sites (N-methyl/N-ethyl adjacent to an activating group) is 1. The summed E-state index contributed by atoms with van der Waals surface area (Å²) in [6.07, 6.45) is 34.7. The maximum Gasteiger partial charge on any atom is 0.203 e. The molecule has 0 fully saturated rings. The Bertz CT molecular complexity index is 3350. The number of rotatable bonds is 4. The van der Waals surface area contributed by atoms with E-state index in [2.05, 4.69) is 240 Å². The van der Waals surface area contributed by atoms with E-state index in [1.807, 2.05) is 0 Å². The lowest BCUT2D eigenvalue weighted by Crippen LogP contribution is -2.55. The number of benzene rings is 4. The van der Waals surface area contributed by atoms with Gasteiger partial charge in [-0.1, -0.05) is 174 Å². The molecule has 4 nitrogen and oxygen atoms in total. The molecule has 4 aromatic carbocycles. The molecule has 69 heavy (non-hydrogen) atoms. The van der Waals surface area contributed by atoms with Crippen LogP contribution in [0.2, 0.25) is 0 Å². The van der Waals surface area contributed by atoms with Gasteiger partial charge in [0, 0.05) is 40.6 Å². The van der Waals surface area contributed by atoms with Crippen LogP contribution in [-0.4, -0.2) is 39.0 Å². The van der Waals surface area contributed by atoms with Gasteiger partial charge < -0.3 is 14.4 Å². The van der Waals surface area contributed by atoms with Crippen molar-refractivity contribution in [2.75, 3.05) is 7.05 Å². The minimum absolute atomic E-state index is 0.00142. The van der Waals surface area contributed by atoms with Crippen molar-refractivity contribution >= 4 is 28.6 Å². The molecule has 0 radical (unpaired) electrons. The van der Waals surface area contributed by atoms with Crippen LogP contribution >= 0.6 is 0 Å². The highest BCUT2D eigenvalue weighted by Gasteiger charge is 2.54. The molecule has 344 valence electrons. The highest BCUT2D eigenvalue weighted by molar-refractivity contribution is 5.94. The summed E-state index contributed by atoms with van der Waals surface area (Å²) in [6.45, 7) is 17.0. The molecule has 2 aliphatic heterocycles. The normalized spacial score (nSPS) is 30.0. The van der Waals surface area contributed by atoms with Gasteiger partial charge in [0.15, 0.2) is 0 Å². The number of aromatic nitrogens is 1. The summed E-state index contributed by atoms with van der Waals surface area (Å²) >= 11 is 0. The number of hydrogen-bond donors (Lipinski definition) is 0. The molecule has 0 saturated heterocycles. The number of guanidine groups is 1. The van der Waals surface area contributed by atoms with E-state index in [9.17, 15) is 0 Å². The van der Waals surface area contributed by atoms with Crippen molar-refractivity contribution in [2.45, 2.75) is 96.7 Å². The molecule has 13 rings (SSSR count). The third-order valence-electron chi connectivity index (χ3n) is 17.7. The molecule has 3 heterocycles. The highest BCUT2D eigenvalue weighted by atomic mass is 15.4. The minimum atomic E-state index is -0.397. The van der Waals surface area contributed by atoms with Gasteiger partial charge in [0.05, 0.1) is 28.8 Å². The Morgan fingerprint density at radius 3 is 2.38 bits per heavy atom. The summed E-state index contributed by atoms with van der Waals surface area (Å²) in [5.41, 5.74) is 19.7. The lowest BCUT2D eigenvalue weighted by Gasteiger charge is -2.50. The zero-order valence-electron chi connectivity index (χ0n) is 41.5. The van der Waals surface area contributed by atoms with Crippen molar-refractivity contribution in [3.05, 3.63) is 214 Å². The third-order valence-corrected chi connectivity index (χ3v) is 17.7. The zero-order valence-corrected chi connectivity index (χ0v) is 41.5. The molecule has 8 aliphatic rings. The van der Waals surface area contributed by atoms with Gasteiger partial charge in [-0.25, -0.2) is 4.99 Å². The summed E-state index contributed by atoms with van der Waals surface area (Å²) in [4.78, 5) is 11.1. The van der Waals surface area contributed by atoms with Gasteiger partial charge in [0.2, 0.25) is 5.96 Å². The van der Waals surface area contributed by atoms with E-state index < -0.39 is 5.54 Å². The first-order valence-electron chi connectivity index (χ1n) is 25.7. The predicted molar refractivity (Wildman–Crippen MR) is 289 cm³/mol. The Kier molecular flexibility index (Phi) is 9.34. The summed E-state index contributed by atoms with van der Waals surface area (Å²) < 4.78 is 2.52. The molecule has 4 heteroatoms. The van der Waals surface area contributed by atoms with Crippen LogP contribution in [0.3, 0.4) is 0 Å². The van der Waals surface area contributed by atoms with Crippen LogP contribution in [0.5, 0.6) is 0 Å².